The minimum Gasteiger partial charge on any atom is -0.480 e. The van der Waals surface area contributed by atoms with E-state index in [2.05, 4.69) is 4.98 Å². The highest BCUT2D eigenvalue weighted by molar-refractivity contribution is 7.18. The normalized spacial score (nSPS) is 11.3. The standard InChI is InChI=1S/C7H6F3N3O4S/c8-7(9,10)3-12(2-5(14)15)6-11-1-4(18-6)13(16)17/h1H,2-3H2,(H,14,15). The summed E-state index contributed by atoms with van der Waals surface area (Å²) in [7, 11) is 0. The van der Waals surface area contributed by atoms with Crippen LogP contribution in [-0.4, -0.2) is 40.2 Å². The van der Waals surface area contributed by atoms with Crippen molar-refractivity contribution < 1.29 is 28.0 Å². The molecule has 0 aliphatic heterocycles. The Balaban J connectivity index is 2.93. The molecule has 1 heterocycles. The van der Waals surface area contributed by atoms with Crippen molar-refractivity contribution in [2.24, 2.45) is 0 Å². The predicted molar refractivity (Wildman–Crippen MR) is 54.7 cm³/mol. The minimum atomic E-state index is -4.63. The number of carboxylic acid groups (broad SMARTS) is 1. The smallest absolute Gasteiger partial charge is 0.406 e. The van der Waals surface area contributed by atoms with E-state index in [9.17, 15) is 28.1 Å². The van der Waals surface area contributed by atoms with Gasteiger partial charge in [0, 0.05) is 0 Å². The van der Waals surface area contributed by atoms with Crippen molar-refractivity contribution >= 4 is 27.4 Å². The molecule has 100 valence electrons. The zero-order valence-electron chi connectivity index (χ0n) is 8.55. The lowest BCUT2D eigenvalue weighted by atomic mass is 10.5. The second-order valence-corrected chi connectivity index (χ2v) is 4.09. The Hall–Kier alpha value is -1.91. The molecule has 0 fully saturated rings. The van der Waals surface area contributed by atoms with Gasteiger partial charge >= 0.3 is 17.1 Å². The van der Waals surface area contributed by atoms with Crippen molar-refractivity contribution in [1.82, 2.24) is 4.98 Å². The molecule has 1 rings (SSSR count). The maximum Gasteiger partial charge on any atom is 0.406 e. The molecule has 1 aromatic heterocycles. The second kappa shape index (κ2) is 5.16. The molecule has 0 atom stereocenters. The lowest BCUT2D eigenvalue weighted by Gasteiger charge is -2.20. The first-order chi connectivity index (χ1) is 8.19. The van der Waals surface area contributed by atoms with Crippen LogP contribution in [0.1, 0.15) is 0 Å². The fraction of sp³-hybridized carbons (Fsp3) is 0.429. The first-order valence-electron chi connectivity index (χ1n) is 4.33. The van der Waals surface area contributed by atoms with Gasteiger partial charge in [0.15, 0.2) is 5.13 Å². The van der Waals surface area contributed by atoms with Gasteiger partial charge in [0.25, 0.3) is 0 Å². The molecule has 18 heavy (non-hydrogen) atoms. The predicted octanol–water partition coefficient (Wildman–Crippen LogP) is 1.50. The quantitative estimate of drug-likeness (QED) is 0.650. The third kappa shape index (κ3) is 4.16. The van der Waals surface area contributed by atoms with E-state index in [-0.39, 0.29) is 5.13 Å². The van der Waals surface area contributed by atoms with Crippen LogP contribution in [0.15, 0.2) is 6.20 Å². The number of rotatable bonds is 5. The highest BCUT2D eigenvalue weighted by Gasteiger charge is 2.33. The number of alkyl halides is 3. The summed E-state index contributed by atoms with van der Waals surface area (Å²) in [4.78, 5) is 23.8. The lowest BCUT2D eigenvalue weighted by Crippen LogP contribution is -2.37. The molecule has 0 bridgehead atoms. The first-order valence-corrected chi connectivity index (χ1v) is 5.14. The molecule has 0 aliphatic rings. The summed E-state index contributed by atoms with van der Waals surface area (Å²) in [5, 5.41) is 18.0. The number of nitro groups is 1. The Morgan fingerprint density at radius 2 is 2.22 bits per heavy atom. The van der Waals surface area contributed by atoms with Crippen LogP contribution in [-0.2, 0) is 4.79 Å². The number of carboxylic acids is 1. The maximum absolute atomic E-state index is 12.2. The monoisotopic (exact) mass is 285 g/mol. The number of hydrogen-bond acceptors (Lipinski definition) is 6. The fourth-order valence-electron chi connectivity index (χ4n) is 1.06. The number of aliphatic carboxylic acids is 1. The van der Waals surface area contributed by atoms with Crippen LogP contribution in [0, 0.1) is 10.1 Å². The number of thiazole rings is 1. The summed E-state index contributed by atoms with van der Waals surface area (Å²) in [6.45, 7) is -2.48. The van der Waals surface area contributed by atoms with Crippen molar-refractivity contribution in [3.05, 3.63) is 16.3 Å². The van der Waals surface area contributed by atoms with Crippen LogP contribution in [0.25, 0.3) is 0 Å². The summed E-state index contributed by atoms with van der Waals surface area (Å²) in [5.74, 6) is -1.49. The third-order valence-electron chi connectivity index (χ3n) is 1.63. The average molecular weight is 285 g/mol. The second-order valence-electron chi connectivity index (χ2n) is 3.10. The van der Waals surface area contributed by atoms with Gasteiger partial charge in [0.2, 0.25) is 0 Å². The Bertz CT molecular complexity index is 461. The fourth-order valence-corrected chi connectivity index (χ4v) is 1.79. The van der Waals surface area contributed by atoms with Gasteiger partial charge in [-0.05, 0) is 11.3 Å². The molecule has 0 aliphatic carbocycles. The highest BCUT2D eigenvalue weighted by Crippen LogP contribution is 2.30. The zero-order chi connectivity index (χ0) is 13.9. The third-order valence-corrected chi connectivity index (χ3v) is 2.64. The maximum atomic E-state index is 12.2. The van der Waals surface area contributed by atoms with Gasteiger partial charge in [-0.15, -0.1) is 0 Å². The first kappa shape index (κ1) is 14.2. The zero-order valence-corrected chi connectivity index (χ0v) is 9.36. The van der Waals surface area contributed by atoms with E-state index >= 15 is 0 Å². The molecule has 0 aromatic carbocycles. The highest BCUT2D eigenvalue weighted by atomic mass is 32.1. The number of nitrogens with zero attached hydrogens (tertiary/aromatic N) is 3. The van der Waals surface area contributed by atoms with Gasteiger partial charge in [-0.2, -0.15) is 13.2 Å². The summed E-state index contributed by atoms with van der Waals surface area (Å²) in [6, 6.07) is 0. The summed E-state index contributed by atoms with van der Waals surface area (Å²) >= 11 is 0.384. The van der Waals surface area contributed by atoms with Gasteiger partial charge in [-0.1, -0.05) is 0 Å². The van der Waals surface area contributed by atoms with Crippen molar-refractivity contribution in [2.45, 2.75) is 6.18 Å². The van der Waals surface area contributed by atoms with E-state index in [1.807, 2.05) is 0 Å². The minimum absolute atomic E-state index is 0.360. The van der Waals surface area contributed by atoms with E-state index < -0.39 is 35.2 Å². The Kier molecular flexibility index (Phi) is 4.06. The van der Waals surface area contributed by atoms with Crippen LogP contribution in [0.3, 0.4) is 0 Å². The van der Waals surface area contributed by atoms with E-state index in [1.54, 1.807) is 0 Å². The number of anilines is 1. The van der Waals surface area contributed by atoms with Gasteiger partial charge in [0.1, 0.15) is 19.3 Å². The number of hydrogen-bond donors (Lipinski definition) is 1. The van der Waals surface area contributed by atoms with Gasteiger partial charge in [-0.3, -0.25) is 14.9 Å². The summed E-state index contributed by atoms with van der Waals surface area (Å²) < 4.78 is 36.6. The van der Waals surface area contributed by atoms with Gasteiger partial charge in [0.05, 0.1) is 4.92 Å². The number of aromatic nitrogens is 1. The Labute approximate surface area is 102 Å². The molecular formula is C7H6F3N3O4S. The molecular weight excluding hydrogens is 279 g/mol. The SMILES string of the molecule is O=C(O)CN(CC(F)(F)F)c1ncc([N+](=O)[O-])s1. The lowest BCUT2D eigenvalue weighted by molar-refractivity contribution is -0.380. The van der Waals surface area contributed by atoms with Crippen molar-refractivity contribution in [1.29, 1.82) is 0 Å². The van der Waals surface area contributed by atoms with Crippen LogP contribution >= 0.6 is 11.3 Å². The molecule has 1 N–H and O–H groups in total. The molecule has 0 unspecified atom stereocenters. The van der Waals surface area contributed by atoms with Crippen LogP contribution in [0.4, 0.5) is 23.3 Å². The largest absolute Gasteiger partial charge is 0.480 e. The van der Waals surface area contributed by atoms with Crippen molar-refractivity contribution in [3.8, 4) is 0 Å². The van der Waals surface area contributed by atoms with Gasteiger partial charge < -0.3 is 10.0 Å². The Morgan fingerprint density at radius 3 is 2.61 bits per heavy atom. The molecule has 0 spiro atoms. The van der Waals surface area contributed by atoms with Crippen LogP contribution in [0.2, 0.25) is 0 Å². The topological polar surface area (TPSA) is 96.6 Å². The average Bonchev–Trinajstić information content (AvgIpc) is 2.61. The molecule has 0 amide bonds. The van der Waals surface area contributed by atoms with Crippen LogP contribution < -0.4 is 4.90 Å². The van der Waals surface area contributed by atoms with E-state index in [0.717, 1.165) is 6.20 Å². The molecule has 0 saturated heterocycles. The Morgan fingerprint density at radius 1 is 1.61 bits per heavy atom. The molecule has 11 heteroatoms. The summed E-state index contributed by atoms with van der Waals surface area (Å²) in [6.07, 6.45) is -3.85. The van der Waals surface area contributed by atoms with Crippen molar-refractivity contribution in [3.63, 3.8) is 0 Å². The number of carbonyl (C=O) groups is 1. The van der Waals surface area contributed by atoms with Crippen LogP contribution in [0.5, 0.6) is 0 Å². The van der Waals surface area contributed by atoms with E-state index in [4.69, 9.17) is 5.11 Å². The number of halogens is 3. The molecule has 1 aromatic rings. The summed E-state index contributed by atoms with van der Waals surface area (Å²) in [5.41, 5.74) is 0. The molecule has 0 radical (unpaired) electrons. The molecule has 0 saturated carbocycles. The molecule has 7 nitrogen and oxygen atoms in total. The van der Waals surface area contributed by atoms with E-state index in [0.29, 0.717) is 16.2 Å². The van der Waals surface area contributed by atoms with E-state index in [1.165, 1.54) is 0 Å². The van der Waals surface area contributed by atoms with Crippen molar-refractivity contribution in [2.75, 3.05) is 18.0 Å². The van der Waals surface area contributed by atoms with Gasteiger partial charge in [-0.25, -0.2) is 4.98 Å².